The van der Waals surface area contributed by atoms with Gasteiger partial charge in [0.05, 0.1) is 25.5 Å². The predicted molar refractivity (Wildman–Crippen MR) is 147 cm³/mol. The van der Waals surface area contributed by atoms with Crippen LogP contribution < -0.4 is 15.0 Å². The second-order valence-electron chi connectivity index (χ2n) is 11.1. The van der Waals surface area contributed by atoms with Crippen molar-refractivity contribution in [1.82, 2.24) is 0 Å². The van der Waals surface area contributed by atoms with Gasteiger partial charge in [0, 0.05) is 24.8 Å². The van der Waals surface area contributed by atoms with Crippen LogP contribution >= 0.6 is 0 Å². The molecule has 2 aliphatic rings. The van der Waals surface area contributed by atoms with Crippen LogP contribution in [0.1, 0.15) is 26.3 Å². The molecule has 202 valence electrons. The van der Waals surface area contributed by atoms with E-state index >= 15 is 0 Å². The van der Waals surface area contributed by atoms with Crippen molar-refractivity contribution in [2.24, 2.45) is 0 Å². The first kappa shape index (κ1) is 27.4. The van der Waals surface area contributed by atoms with Crippen LogP contribution in [0.3, 0.4) is 0 Å². The Balaban J connectivity index is 1.36. The van der Waals surface area contributed by atoms with Crippen molar-refractivity contribution in [1.29, 1.82) is 0 Å². The number of hydrogen-bond acceptors (Lipinski definition) is 7. The van der Waals surface area contributed by atoms with Gasteiger partial charge in [0.25, 0.3) is 0 Å². The van der Waals surface area contributed by atoms with Crippen LogP contribution in [-0.4, -0.2) is 66.1 Å². The minimum atomic E-state index is -1.83. The molecule has 1 N–H and O–H groups in total. The SMILES string of the molecule is CC(C)(C)[Si](C)(C)OC[C@@H]1O[C@@H]1COc1cc(N2CCOCC2)ccc1NC(=O)OCc1ccccc1. The summed E-state index contributed by atoms with van der Waals surface area (Å²) in [6, 6.07) is 15.4. The summed E-state index contributed by atoms with van der Waals surface area (Å²) < 4.78 is 29.2. The van der Waals surface area contributed by atoms with Crippen LogP contribution in [0.25, 0.3) is 0 Å². The highest BCUT2D eigenvalue weighted by Gasteiger charge is 2.44. The predicted octanol–water partition coefficient (Wildman–Crippen LogP) is 5.44. The summed E-state index contributed by atoms with van der Waals surface area (Å²) in [7, 11) is -1.83. The number of epoxide rings is 1. The van der Waals surface area contributed by atoms with Gasteiger partial charge < -0.3 is 28.3 Å². The quantitative estimate of drug-likeness (QED) is 0.325. The van der Waals surface area contributed by atoms with Crippen molar-refractivity contribution < 1.29 is 28.2 Å². The summed E-state index contributed by atoms with van der Waals surface area (Å²) in [6.45, 7) is 15.3. The summed E-state index contributed by atoms with van der Waals surface area (Å²) in [6.07, 6.45) is -0.533. The third-order valence-corrected chi connectivity index (χ3v) is 11.8. The number of benzene rings is 2. The molecule has 8 nitrogen and oxygen atoms in total. The Hall–Kier alpha value is -2.59. The third-order valence-electron chi connectivity index (χ3n) is 7.30. The van der Waals surface area contributed by atoms with E-state index in [1.807, 2.05) is 48.5 Å². The third kappa shape index (κ3) is 7.70. The summed E-state index contributed by atoms with van der Waals surface area (Å²) in [4.78, 5) is 14.8. The molecule has 2 atom stereocenters. The molecule has 0 aliphatic carbocycles. The molecule has 2 aromatic rings. The van der Waals surface area contributed by atoms with E-state index in [1.54, 1.807) is 0 Å². The second-order valence-corrected chi connectivity index (χ2v) is 15.9. The molecular formula is C28H40N2O6Si. The van der Waals surface area contributed by atoms with Gasteiger partial charge in [-0.3, -0.25) is 5.32 Å². The standard InChI is InChI=1S/C28H40N2O6Si/c1-28(2,3)37(4,5)35-20-26-25(36-26)19-33-24-17-22(30-13-15-32-16-14-30)11-12-23(24)29-27(31)34-18-21-9-7-6-8-10-21/h6-12,17,25-26H,13-16,18-20H2,1-5H3,(H,29,31)/t25-,26+/m1/s1. The lowest BCUT2D eigenvalue weighted by molar-refractivity contribution is 0.122. The Morgan fingerprint density at radius 3 is 2.46 bits per heavy atom. The van der Waals surface area contributed by atoms with Crippen molar-refractivity contribution in [3.63, 3.8) is 0 Å². The lowest BCUT2D eigenvalue weighted by Gasteiger charge is -2.36. The number of carbonyl (C=O) groups excluding carboxylic acids is 1. The van der Waals surface area contributed by atoms with E-state index in [-0.39, 0.29) is 23.9 Å². The number of anilines is 2. The lowest BCUT2D eigenvalue weighted by atomic mass is 10.2. The number of morpholine rings is 1. The fraction of sp³-hybridized carbons (Fsp3) is 0.536. The topological polar surface area (TPSA) is 81.8 Å². The van der Waals surface area contributed by atoms with Crippen molar-refractivity contribution >= 4 is 25.8 Å². The van der Waals surface area contributed by atoms with E-state index in [4.69, 9.17) is 23.4 Å². The molecule has 2 aromatic carbocycles. The van der Waals surface area contributed by atoms with Crippen molar-refractivity contribution in [2.75, 3.05) is 49.7 Å². The molecular weight excluding hydrogens is 488 g/mol. The molecule has 2 heterocycles. The van der Waals surface area contributed by atoms with Gasteiger partial charge in [-0.25, -0.2) is 4.79 Å². The first-order chi connectivity index (χ1) is 17.6. The van der Waals surface area contributed by atoms with Crippen LogP contribution in [0.5, 0.6) is 5.75 Å². The van der Waals surface area contributed by atoms with Gasteiger partial charge in [0.2, 0.25) is 0 Å². The molecule has 0 bridgehead atoms. The van der Waals surface area contributed by atoms with E-state index in [1.165, 1.54) is 0 Å². The molecule has 2 saturated heterocycles. The summed E-state index contributed by atoms with van der Waals surface area (Å²) in [5.41, 5.74) is 2.51. The molecule has 0 spiro atoms. The monoisotopic (exact) mass is 528 g/mol. The van der Waals surface area contributed by atoms with E-state index in [9.17, 15) is 4.79 Å². The first-order valence-corrected chi connectivity index (χ1v) is 15.9. The lowest BCUT2D eigenvalue weighted by Crippen LogP contribution is -2.41. The number of carbonyl (C=O) groups is 1. The van der Waals surface area contributed by atoms with E-state index in [0.717, 1.165) is 24.3 Å². The molecule has 4 rings (SSSR count). The highest BCUT2D eigenvalue weighted by Crippen LogP contribution is 2.38. The molecule has 0 unspecified atom stereocenters. The minimum absolute atomic E-state index is 0.0313. The average Bonchev–Trinajstić information content (AvgIpc) is 3.64. The molecule has 2 aliphatic heterocycles. The van der Waals surface area contributed by atoms with Crippen molar-refractivity contribution in [2.45, 2.75) is 57.7 Å². The van der Waals surface area contributed by atoms with Crippen molar-refractivity contribution in [3.8, 4) is 5.75 Å². The molecule has 0 radical (unpaired) electrons. The zero-order valence-corrected chi connectivity index (χ0v) is 23.6. The number of amides is 1. The second kappa shape index (κ2) is 11.9. The maximum absolute atomic E-state index is 12.5. The normalized spacial score (nSPS) is 19.9. The van der Waals surface area contributed by atoms with Crippen LogP contribution in [0, 0.1) is 0 Å². The largest absolute Gasteiger partial charge is 0.489 e. The van der Waals surface area contributed by atoms with Crippen LogP contribution in [0.2, 0.25) is 18.1 Å². The zero-order chi connectivity index (χ0) is 26.5. The van der Waals surface area contributed by atoms with Gasteiger partial charge >= 0.3 is 6.09 Å². The van der Waals surface area contributed by atoms with Gasteiger partial charge in [0.15, 0.2) is 8.32 Å². The van der Waals surface area contributed by atoms with Crippen LogP contribution in [0.4, 0.5) is 16.2 Å². The number of rotatable bonds is 10. The summed E-state index contributed by atoms with van der Waals surface area (Å²) >= 11 is 0. The van der Waals surface area contributed by atoms with E-state index < -0.39 is 14.4 Å². The Labute approximate surface area is 221 Å². The summed E-state index contributed by atoms with van der Waals surface area (Å²) in [5.74, 6) is 0.584. The number of ether oxygens (including phenoxy) is 4. The number of nitrogens with one attached hydrogen (secondary N) is 1. The Morgan fingerprint density at radius 1 is 1.05 bits per heavy atom. The molecule has 0 aromatic heterocycles. The van der Waals surface area contributed by atoms with Gasteiger partial charge in [0.1, 0.15) is 31.2 Å². The highest BCUT2D eigenvalue weighted by atomic mass is 28.4. The van der Waals surface area contributed by atoms with Gasteiger partial charge in [-0.1, -0.05) is 51.1 Å². The maximum Gasteiger partial charge on any atom is 0.412 e. The van der Waals surface area contributed by atoms with Crippen LogP contribution in [0.15, 0.2) is 48.5 Å². The minimum Gasteiger partial charge on any atom is -0.489 e. The smallest absolute Gasteiger partial charge is 0.412 e. The maximum atomic E-state index is 12.5. The molecule has 1 amide bonds. The van der Waals surface area contributed by atoms with Gasteiger partial charge in [-0.15, -0.1) is 0 Å². The molecule has 9 heteroatoms. The van der Waals surface area contributed by atoms with Gasteiger partial charge in [-0.2, -0.15) is 0 Å². The first-order valence-electron chi connectivity index (χ1n) is 13.0. The number of hydrogen-bond donors (Lipinski definition) is 1. The Bertz CT molecular complexity index is 1040. The van der Waals surface area contributed by atoms with E-state index in [0.29, 0.717) is 37.9 Å². The zero-order valence-electron chi connectivity index (χ0n) is 22.6. The fourth-order valence-electron chi connectivity index (χ4n) is 3.77. The molecule has 0 saturated carbocycles. The Morgan fingerprint density at radius 2 is 1.76 bits per heavy atom. The summed E-state index contributed by atoms with van der Waals surface area (Å²) in [5, 5.41) is 2.99. The molecule has 2 fully saturated rings. The average molecular weight is 529 g/mol. The number of nitrogens with zero attached hydrogens (tertiary/aromatic N) is 1. The Kier molecular flexibility index (Phi) is 8.79. The van der Waals surface area contributed by atoms with Gasteiger partial charge in [-0.05, 0) is 35.8 Å². The van der Waals surface area contributed by atoms with Crippen LogP contribution in [-0.2, 0) is 25.2 Å². The fourth-order valence-corrected chi connectivity index (χ4v) is 4.79. The molecule has 37 heavy (non-hydrogen) atoms. The van der Waals surface area contributed by atoms with Crippen molar-refractivity contribution in [3.05, 3.63) is 54.1 Å². The highest BCUT2D eigenvalue weighted by molar-refractivity contribution is 6.74. The van der Waals surface area contributed by atoms with E-state index in [2.05, 4.69) is 44.1 Å².